The minimum absolute atomic E-state index is 0.00330. The van der Waals surface area contributed by atoms with E-state index in [4.69, 9.17) is 0 Å². The van der Waals surface area contributed by atoms with Crippen LogP contribution in [0.5, 0.6) is 0 Å². The van der Waals surface area contributed by atoms with Crippen LogP contribution >= 0.6 is 0 Å². The molecule has 236 valence electrons. The van der Waals surface area contributed by atoms with Crippen molar-refractivity contribution in [3.8, 4) is 11.1 Å². The van der Waals surface area contributed by atoms with Crippen molar-refractivity contribution in [3.63, 3.8) is 0 Å². The molecular weight excluding hydrogens is 595 g/mol. The summed E-state index contributed by atoms with van der Waals surface area (Å²) in [6.07, 6.45) is -8.89. The van der Waals surface area contributed by atoms with Gasteiger partial charge in [-0.1, -0.05) is 6.07 Å². The summed E-state index contributed by atoms with van der Waals surface area (Å²) in [7, 11) is 2.89. The van der Waals surface area contributed by atoms with E-state index in [2.05, 4.69) is 4.98 Å². The maximum absolute atomic E-state index is 14.0. The maximum atomic E-state index is 14.0. The third-order valence-corrected chi connectivity index (χ3v) is 8.12. The fourth-order valence-corrected chi connectivity index (χ4v) is 5.52. The van der Waals surface area contributed by atoms with Crippen LogP contribution in [0.1, 0.15) is 47.7 Å². The molecule has 2 amide bonds. The number of anilines is 1. The topological polar surface area (TPSA) is 73.7 Å². The quantitative estimate of drug-likeness (QED) is 0.325. The van der Waals surface area contributed by atoms with Crippen LogP contribution in [-0.4, -0.2) is 54.1 Å². The zero-order valence-corrected chi connectivity index (χ0v) is 24.4. The number of hydrogen-bond donors (Lipinski definition) is 1. The van der Waals surface area contributed by atoms with Gasteiger partial charge in [0.1, 0.15) is 5.82 Å². The second-order valence-corrected chi connectivity index (χ2v) is 11.5. The fraction of sp³-hybridized carbons (Fsp3) is 0.387. The molecule has 0 aliphatic carbocycles. The van der Waals surface area contributed by atoms with E-state index in [9.17, 15) is 45.4 Å². The first kappa shape index (κ1) is 32.9. The van der Waals surface area contributed by atoms with E-state index in [-0.39, 0.29) is 24.2 Å². The molecule has 0 unspecified atom stereocenters. The van der Waals surface area contributed by atoms with Crippen LogP contribution in [-0.2, 0) is 27.4 Å². The van der Waals surface area contributed by atoms with Crippen LogP contribution in [0.2, 0.25) is 0 Å². The zero-order valence-electron chi connectivity index (χ0n) is 24.4. The van der Waals surface area contributed by atoms with Gasteiger partial charge >= 0.3 is 12.4 Å². The molecule has 2 atom stereocenters. The van der Waals surface area contributed by atoms with Gasteiger partial charge in [-0.05, 0) is 73.9 Å². The predicted octanol–water partition coefficient (Wildman–Crippen LogP) is 6.34. The number of carbonyl (C=O) groups excluding carboxylic acids is 2. The Hall–Kier alpha value is -4.00. The highest BCUT2D eigenvalue weighted by Gasteiger charge is 2.42. The number of hydrogen-bond acceptors (Lipinski definition) is 4. The number of amides is 2. The van der Waals surface area contributed by atoms with E-state index < -0.39 is 64.6 Å². The Bertz CT molecular complexity index is 1570. The Balaban J connectivity index is 1.85. The summed E-state index contributed by atoms with van der Waals surface area (Å²) >= 11 is 0. The molecule has 1 saturated heterocycles. The van der Waals surface area contributed by atoms with Gasteiger partial charge in [0.25, 0.3) is 0 Å². The average Bonchev–Trinajstić information content (AvgIpc) is 3.23. The number of alkyl halides is 6. The Labute approximate surface area is 249 Å². The minimum atomic E-state index is -5.10. The van der Waals surface area contributed by atoms with Crippen molar-refractivity contribution < 1.29 is 45.4 Å². The predicted molar refractivity (Wildman–Crippen MR) is 148 cm³/mol. The van der Waals surface area contributed by atoms with E-state index >= 15 is 0 Å². The number of likely N-dealkylation sites (tertiary alicyclic amines) is 1. The van der Waals surface area contributed by atoms with Gasteiger partial charge in [-0.25, -0.2) is 4.39 Å². The number of aliphatic hydroxyl groups excluding tert-OH is 1. The van der Waals surface area contributed by atoms with Crippen molar-refractivity contribution in [2.45, 2.75) is 44.5 Å². The lowest BCUT2D eigenvalue weighted by Gasteiger charge is -2.32. The normalized spacial score (nSPS) is 17.8. The number of nitrogens with zero attached hydrogens (tertiary/aromatic N) is 3. The zero-order chi connectivity index (χ0) is 32.9. The van der Waals surface area contributed by atoms with Gasteiger partial charge < -0.3 is 14.9 Å². The molecular formula is C31H30F7N3O3. The smallest absolute Gasteiger partial charge is 0.396 e. The van der Waals surface area contributed by atoms with Crippen LogP contribution < -0.4 is 4.90 Å². The molecule has 2 heterocycles. The highest BCUT2D eigenvalue weighted by Crippen LogP contribution is 2.42. The van der Waals surface area contributed by atoms with Crippen LogP contribution in [0.15, 0.2) is 48.7 Å². The lowest BCUT2D eigenvalue weighted by molar-refractivity contribution is -0.143. The molecule has 2 aromatic carbocycles. The van der Waals surface area contributed by atoms with E-state index in [1.807, 2.05) is 0 Å². The molecule has 0 bridgehead atoms. The van der Waals surface area contributed by atoms with Gasteiger partial charge in [-0.2, -0.15) is 26.3 Å². The van der Waals surface area contributed by atoms with Gasteiger partial charge in [0.15, 0.2) is 0 Å². The van der Waals surface area contributed by atoms with E-state index in [0.717, 1.165) is 4.90 Å². The maximum Gasteiger partial charge on any atom is 0.416 e. The molecule has 1 fully saturated rings. The summed E-state index contributed by atoms with van der Waals surface area (Å²) in [6.45, 7) is 3.87. The van der Waals surface area contributed by atoms with Crippen molar-refractivity contribution >= 4 is 17.5 Å². The Morgan fingerprint density at radius 3 is 2.07 bits per heavy atom. The van der Waals surface area contributed by atoms with Gasteiger partial charge in [0.05, 0.1) is 41.0 Å². The van der Waals surface area contributed by atoms with Gasteiger partial charge in [-0.15, -0.1) is 0 Å². The van der Waals surface area contributed by atoms with Crippen LogP contribution in [0.25, 0.3) is 11.1 Å². The van der Waals surface area contributed by atoms with E-state index in [1.54, 1.807) is 20.0 Å². The largest absolute Gasteiger partial charge is 0.416 e. The summed E-state index contributed by atoms with van der Waals surface area (Å²) in [4.78, 5) is 33.5. The molecule has 6 nitrogen and oxygen atoms in total. The molecule has 0 radical (unpaired) electrons. The number of halogens is 7. The number of aryl methyl sites for hydroxylation is 1. The second kappa shape index (κ2) is 11.5. The van der Waals surface area contributed by atoms with Crippen molar-refractivity contribution in [2.24, 2.45) is 5.92 Å². The molecule has 3 aromatic rings. The number of benzene rings is 2. The summed E-state index contributed by atoms with van der Waals surface area (Å²) < 4.78 is 95.5. The minimum Gasteiger partial charge on any atom is -0.396 e. The summed E-state index contributed by atoms with van der Waals surface area (Å²) in [5.74, 6) is -2.95. The number of likely N-dealkylation sites (N-methyl/N-ethyl adjacent to an activating group) is 2. The monoisotopic (exact) mass is 625 g/mol. The van der Waals surface area contributed by atoms with Gasteiger partial charge in [0.2, 0.25) is 11.8 Å². The fourth-order valence-electron chi connectivity index (χ4n) is 5.52. The number of rotatable bonds is 6. The van der Waals surface area contributed by atoms with Crippen LogP contribution in [0.3, 0.4) is 0 Å². The number of aromatic nitrogens is 1. The molecule has 1 aliphatic heterocycles. The molecule has 13 heteroatoms. The number of aliphatic hydroxyl groups is 1. The van der Waals surface area contributed by atoms with Gasteiger partial charge in [0, 0.05) is 37.8 Å². The molecule has 0 saturated carbocycles. The lowest BCUT2D eigenvalue weighted by Crippen LogP contribution is -2.42. The Morgan fingerprint density at radius 1 is 0.977 bits per heavy atom. The standard InChI is InChI=1S/C31H30F7N3O3/c1-16-8-20(32)6-7-21(16)22-12-25(23-14-40(4)27(43)24(23)15-42)39-13-26(22)41(5)28(44)29(2,3)17-9-18(30(33,34)35)11-19(10-17)31(36,37)38/h6-13,23-24,42H,14-15H2,1-5H3/t23-,24+/m1/s1. The van der Waals surface area contributed by atoms with Crippen molar-refractivity contribution in [3.05, 3.63) is 82.4 Å². The second-order valence-electron chi connectivity index (χ2n) is 11.5. The average molecular weight is 626 g/mol. The van der Waals surface area contributed by atoms with E-state index in [0.29, 0.717) is 34.5 Å². The summed E-state index contributed by atoms with van der Waals surface area (Å²) in [5, 5.41) is 9.89. The lowest BCUT2D eigenvalue weighted by atomic mass is 9.81. The number of pyridine rings is 1. The van der Waals surface area contributed by atoms with Gasteiger partial charge in [-0.3, -0.25) is 14.6 Å². The highest BCUT2D eigenvalue weighted by atomic mass is 19.4. The van der Waals surface area contributed by atoms with Crippen molar-refractivity contribution in [1.82, 2.24) is 9.88 Å². The van der Waals surface area contributed by atoms with Crippen LogP contribution in [0.4, 0.5) is 36.4 Å². The van der Waals surface area contributed by atoms with Crippen LogP contribution in [0, 0.1) is 18.7 Å². The first-order valence-electron chi connectivity index (χ1n) is 13.5. The molecule has 1 N–H and O–H groups in total. The molecule has 44 heavy (non-hydrogen) atoms. The Morgan fingerprint density at radius 2 is 1.55 bits per heavy atom. The third-order valence-electron chi connectivity index (χ3n) is 8.12. The summed E-state index contributed by atoms with van der Waals surface area (Å²) in [6, 6.07) is 6.56. The Kier molecular flexibility index (Phi) is 8.59. The molecule has 0 spiro atoms. The highest BCUT2D eigenvalue weighted by molar-refractivity contribution is 6.03. The third kappa shape index (κ3) is 6.15. The SMILES string of the molecule is Cc1cc(F)ccc1-c1cc([C@@H]2CN(C)C(=O)[C@H]2CO)ncc1N(C)C(=O)C(C)(C)c1cc(C(F)(F)F)cc(C(F)(F)F)c1. The van der Waals surface area contributed by atoms with Crippen molar-refractivity contribution in [1.29, 1.82) is 0 Å². The molecule has 1 aromatic heterocycles. The first-order chi connectivity index (χ1) is 20.3. The molecule has 1 aliphatic rings. The van der Waals surface area contributed by atoms with E-state index in [1.165, 1.54) is 50.2 Å². The first-order valence-corrected chi connectivity index (χ1v) is 13.5. The summed E-state index contributed by atoms with van der Waals surface area (Å²) in [5.41, 5.74) is -3.64. The number of carbonyl (C=O) groups is 2. The van der Waals surface area contributed by atoms with Crippen molar-refractivity contribution in [2.75, 3.05) is 32.1 Å². The molecule has 4 rings (SSSR count).